The van der Waals surface area contributed by atoms with E-state index in [4.69, 9.17) is 16.3 Å². The van der Waals surface area contributed by atoms with Crippen molar-refractivity contribution in [2.45, 2.75) is 45.6 Å². The third kappa shape index (κ3) is 3.43. The number of nitrogens with zero attached hydrogens (tertiary/aromatic N) is 1. The Balaban J connectivity index is 2.38. The molecule has 2 rings (SSSR count). The van der Waals surface area contributed by atoms with Crippen LogP contribution in [0.5, 0.6) is 5.75 Å². The Morgan fingerprint density at radius 3 is 2.64 bits per heavy atom. The lowest BCUT2D eigenvalue weighted by Gasteiger charge is -2.33. The van der Waals surface area contributed by atoms with Gasteiger partial charge in [0.15, 0.2) is 11.9 Å². The second-order valence-corrected chi connectivity index (χ2v) is 6.75. The van der Waals surface area contributed by atoms with E-state index in [1.165, 1.54) is 0 Å². The van der Waals surface area contributed by atoms with E-state index in [9.17, 15) is 9.59 Å². The molecule has 1 aliphatic rings. The van der Waals surface area contributed by atoms with E-state index in [2.05, 4.69) is 13.8 Å². The molecule has 1 amide bonds. The van der Waals surface area contributed by atoms with Crippen LogP contribution < -0.4 is 9.64 Å². The van der Waals surface area contributed by atoms with Gasteiger partial charge in [-0.2, -0.15) is 0 Å². The predicted octanol–water partition coefficient (Wildman–Crippen LogP) is 3.66. The van der Waals surface area contributed by atoms with Crippen molar-refractivity contribution >= 4 is 29.0 Å². The number of rotatable bonds is 5. The van der Waals surface area contributed by atoms with Gasteiger partial charge in [0.1, 0.15) is 5.75 Å². The van der Waals surface area contributed by atoms with E-state index in [1.807, 2.05) is 0 Å². The molecule has 22 heavy (non-hydrogen) atoms. The molecule has 1 aromatic carbocycles. The summed E-state index contributed by atoms with van der Waals surface area (Å²) in [6.45, 7) is 8.23. The number of hydrogen-bond donors (Lipinski definition) is 0. The second kappa shape index (κ2) is 6.69. The number of anilines is 1. The molecular weight excluding hydrogens is 302 g/mol. The summed E-state index contributed by atoms with van der Waals surface area (Å²) in [5.41, 5.74) is 1.16. The third-order valence-corrected chi connectivity index (χ3v) is 3.94. The molecule has 0 aromatic heterocycles. The Kier molecular flexibility index (Phi) is 5.12. The maximum Gasteiger partial charge on any atom is 0.267 e. The van der Waals surface area contributed by atoms with Crippen molar-refractivity contribution in [3.63, 3.8) is 0 Å². The molecule has 120 valence electrons. The van der Waals surface area contributed by atoms with Gasteiger partial charge in [0.2, 0.25) is 0 Å². The topological polar surface area (TPSA) is 46.6 Å². The highest BCUT2D eigenvalue weighted by Crippen LogP contribution is 2.35. The van der Waals surface area contributed by atoms with Gasteiger partial charge in [0, 0.05) is 12.1 Å². The van der Waals surface area contributed by atoms with Gasteiger partial charge in [0.05, 0.1) is 11.1 Å². The number of amides is 1. The van der Waals surface area contributed by atoms with E-state index in [0.29, 0.717) is 29.5 Å². The van der Waals surface area contributed by atoms with Gasteiger partial charge >= 0.3 is 0 Å². The average Bonchev–Trinajstić information content (AvgIpc) is 2.46. The molecule has 0 N–H and O–H groups in total. The number of benzene rings is 1. The molecule has 2 unspecified atom stereocenters. The van der Waals surface area contributed by atoms with Crippen LogP contribution in [0.2, 0.25) is 0 Å². The van der Waals surface area contributed by atoms with E-state index < -0.39 is 11.5 Å². The number of carbonyl (C=O) groups excluding carboxylic acids is 2. The summed E-state index contributed by atoms with van der Waals surface area (Å²) < 4.78 is 5.64. The van der Waals surface area contributed by atoms with Crippen molar-refractivity contribution in [2.24, 2.45) is 5.92 Å². The van der Waals surface area contributed by atoms with Gasteiger partial charge < -0.3 is 9.64 Å². The minimum absolute atomic E-state index is 0.0725. The largest absolute Gasteiger partial charge is 0.479 e. The Morgan fingerprint density at radius 2 is 2.05 bits per heavy atom. The zero-order valence-corrected chi connectivity index (χ0v) is 14.2. The first kappa shape index (κ1) is 16.8. The lowest BCUT2D eigenvalue weighted by Crippen LogP contribution is -2.45. The standard InChI is InChI=1S/C17H22ClNO3/c1-10(2)7-8-19-14-9-13(16(20)11(3)18)5-6-15(14)22-12(4)17(19)21/h5-6,9-12H,7-8H2,1-4H3. The number of fused-ring (bicyclic) bond motifs is 1. The molecule has 4 nitrogen and oxygen atoms in total. The van der Waals surface area contributed by atoms with Gasteiger partial charge in [-0.1, -0.05) is 13.8 Å². The number of ether oxygens (including phenoxy) is 1. The minimum atomic E-state index is -0.596. The van der Waals surface area contributed by atoms with Crippen LogP contribution >= 0.6 is 11.6 Å². The predicted molar refractivity (Wildman–Crippen MR) is 88.0 cm³/mol. The molecule has 0 bridgehead atoms. The molecule has 1 aromatic rings. The molecule has 0 saturated heterocycles. The van der Waals surface area contributed by atoms with E-state index >= 15 is 0 Å². The fourth-order valence-corrected chi connectivity index (χ4v) is 2.53. The first-order valence-electron chi connectivity index (χ1n) is 7.61. The minimum Gasteiger partial charge on any atom is -0.479 e. The summed E-state index contributed by atoms with van der Waals surface area (Å²) in [4.78, 5) is 26.2. The van der Waals surface area contributed by atoms with Crippen molar-refractivity contribution < 1.29 is 14.3 Å². The monoisotopic (exact) mass is 323 g/mol. The second-order valence-electron chi connectivity index (χ2n) is 6.10. The number of hydrogen-bond acceptors (Lipinski definition) is 3. The van der Waals surface area contributed by atoms with Crippen LogP contribution in [-0.4, -0.2) is 29.7 Å². The number of halogens is 1. The van der Waals surface area contributed by atoms with Crippen molar-refractivity contribution in [2.75, 3.05) is 11.4 Å². The molecule has 0 radical (unpaired) electrons. The molecule has 0 spiro atoms. The summed E-state index contributed by atoms with van der Waals surface area (Å²) >= 11 is 5.88. The number of ketones is 1. The van der Waals surface area contributed by atoms with Crippen LogP contribution in [0.3, 0.4) is 0 Å². The summed E-state index contributed by atoms with van der Waals surface area (Å²) in [5.74, 6) is 0.896. The lowest BCUT2D eigenvalue weighted by atomic mass is 10.0. The highest BCUT2D eigenvalue weighted by Gasteiger charge is 2.32. The fourth-order valence-electron chi connectivity index (χ4n) is 2.41. The highest BCUT2D eigenvalue weighted by molar-refractivity contribution is 6.33. The first-order valence-corrected chi connectivity index (χ1v) is 8.05. The van der Waals surface area contributed by atoms with Crippen LogP contribution in [0.15, 0.2) is 18.2 Å². The summed E-state index contributed by atoms with van der Waals surface area (Å²) in [5, 5.41) is -0.596. The summed E-state index contributed by atoms with van der Waals surface area (Å²) in [6.07, 6.45) is 0.385. The normalized spacial score (nSPS) is 18.9. The first-order chi connectivity index (χ1) is 10.3. The van der Waals surface area contributed by atoms with E-state index in [0.717, 1.165) is 6.42 Å². The molecule has 0 aliphatic carbocycles. The molecule has 0 saturated carbocycles. The Morgan fingerprint density at radius 1 is 1.36 bits per heavy atom. The van der Waals surface area contributed by atoms with E-state index in [1.54, 1.807) is 36.9 Å². The lowest BCUT2D eigenvalue weighted by molar-refractivity contribution is -0.125. The smallest absolute Gasteiger partial charge is 0.267 e. The third-order valence-electron chi connectivity index (χ3n) is 3.74. The van der Waals surface area contributed by atoms with Gasteiger partial charge in [-0.25, -0.2) is 0 Å². The molecule has 1 heterocycles. The SMILES string of the molecule is CC(C)CCN1C(=O)C(C)Oc2ccc(C(=O)C(C)Cl)cc21. The summed E-state index contributed by atoms with van der Waals surface area (Å²) in [6, 6.07) is 5.15. The Hall–Kier alpha value is -1.55. The van der Waals surface area contributed by atoms with Crippen molar-refractivity contribution in [1.29, 1.82) is 0 Å². The van der Waals surface area contributed by atoms with Crippen LogP contribution in [0, 0.1) is 5.92 Å². The number of alkyl halides is 1. The summed E-state index contributed by atoms with van der Waals surface area (Å²) in [7, 11) is 0. The molecule has 2 atom stereocenters. The zero-order valence-electron chi connectivity index (χ0n) is 13.4. The van der Waals surface area contributed by atoms with Crippen molar-refractivity contribution in [3.8, 4) is 5.75 Å². The Labute approximate surface area is 136 Å². The average molecular weight is 324 g/mol. The Bertz CT molecular complexity index is 583. The number of carbonyl (C=O) groups is 2. The van der Waals surface area contributed by atoms with Crippen LogP contribution in [0.4, 0.5) is 5.69 Å². The van der Waals surface area contributed by atoms with Crippen molar-refractivity contribution in [3.05, 3.63) is 23.8 Å². The van der Waals surface area contributed by atoms with Crippen LogP contribution in [-0.2, 0) is 4.79 Å². The fraction of sp³-hybridized carbons (Fsp3) is 0.529. The van der Waals surface area contributed by atoms with E-state index in [-0.39, 0.29) is 11.7 Å². The molecular formula is C17H22ClNO3. The van der Waals surface area contributed by atoms with Gasteiger partial charge in [-0.05, 0) is 44.4 Å². The highest BCUT2D eigenvalue weighted by atomic mass is 35.5. The van der Waals surface area contributed by atoms with Gasteiger partial charge in [0.25, 0.3) is 5.91 Å². The maximum absolute atomic E-state index is 12.4. The molecule has 0 fully saturated rings. The zero-order chi connectivity index (χ0) is 16.4. The van der Waals surface area contributed by atoms with Crippen LogP contribution in [0.1, 0.15) is 44.5 Å². The number of Topliss-reactive ketones (excluding diaryl/α,β-unsaturated/α-hetero) is 1. The van der Waals surface area contributed by atoms with Gasteiger partial charge in [-0.15, -0.1) is 11.6 Å². The maximum atomic E-state index is 12.4. The quantitative estimate of drug-likeness (QED) is 0.613. The molecule has 5 heteroatoms. The van der Waals surface area contributed by atoms with Crippen molar-refractivity contribution in [1.82, 2.24) is 0 Å². The molecule has 1 aliphatic heterocycles. The van der Waals surface area contributed by atoms with Gasteiger partial charge in [-0.3, -0.25) is 9.59 Å². The van der Waals surface area contributed by atoms with Crippen LogP contribution in [0.25, 0.3) is 0 Å².